The summed E-state index contributed by atoms with van der Waals surface area (Å²) in [6.45, 7) is 2.27. The zero-order valence-electron chi connectivity index (χ0n) is 8.59. The van der Waals surface area contributed by atoms with Crippen molar-refractivity contribution in [2.24, 2.45) is 0 Å². The third-order valence-electron chi connectivity index (χ3n) is 2.15. The molecule has 0 aliphatic heterocycles. The monoisotopic (exact) mass is 227 g/mol. The summed E-state index contributed by atoms with van der Waals surface area (Å²) < 4.78 is 0. The molecule has 1 aromatic rings. The minimum atomic E-state index is -0.173. The van der Waals surface area contributed by atoms with Crippen molar-refractivity contribution >= 4 is 17.5 Å². The Balaban J connectivity index is 2.69. The van der Waals surface area contributed by atoms with E-state index in [1.807, 2.05) is 0 Å². The molecule has 15 heavy (non-hydrogen) atoms. The van der Waals surface area contributed by atoms with Gasteiger partial charge in [-0.1, -0.05) is 6.07 Å². The number of benzene rings is 1. The molecule has 1 aromatic carbocycles. The molecule has 1 rings (SSSR count). The molecule has 0 heterocycles. The lowest BCUT2D eigenvalue weighted by atomic mass is 10.1. The molecule has 0 saturated heterocycles. The molecular weight excluding hydrogens is 214 g/mol. The van der Waals surface area contributed by atoms with E-state index in [0.717, 1.165) is 6.42 Å². The quantitative estimate of drug-likeness (QED) is 0.611. The average molecular weight is 228 g/mol. The third-order valence-corrected chi connectivity index (χ3v) is 2.41. The first-order valence-corrected chi connectivity index (χ1v) is 5.33. The van der Waals surface area contributed by atoms with E-state index < -0.39 is 0 Å². The summed E-state index contributed by atoms with van der Waals surface area (Å²) in [5, 5.41) is 12.2. The number of halogens is 1. The van der Waals surface area contributed by atoms with Crippen LogP contribution < -0.4 is 5.32 Å². The Hall–Kier alpha value is -1.22. The molecule has 0 aliphatic rings. The normalized spacial score (nSPS) is 10.0. The zero-order chi connectivity index (χ0) is 11.3. The number of alkyl halides is 1. The summed E-state index contributed by atoms with van der Waals surface area (Å²) in [5.74, 6) is 0.493. The van der Waals surface area contributed by atoms with E-state index in [2.05, 4.69) is 5.32 Å². The highest BCUT2D eigenvalue weighted by atomic mass is 35.5. The highest BCUT2D eigenvalue weighted by Gasteiger charge is 2.09. The van der Waals surface area contributed by atoms with Gasteiger partial charge in [-0.05, 0) is 25.5 Å². The summed E-state index contributed by atoms with van der Waals surface area (Å²) >= 11 is 5.50. The van der Waals surface area contributed by atoms with Gasteiger partial charge in [-0.25, -0.2) is 0 Å². The molecule has 4 heteroatoms. The van der Waals surface area contributed by atoms with Gasteiger partial charge in [-0.15, -0.1) is 11.6 Å². The second-order valence-electron chi connectivity index (χ2n) is 3.25. The van der Waals surface area contributed by atoms with E-state index in [1.54, 1.807) is 25.1 Å². The highest BCUT2D eigenvalue weighted by molar-refractivity contribution is 6.17. The van der Waals surface area contributed by atoms with Gasteiger partial charge in [0, 0.05) is 23.6 Å². The number of rotatable bonds is 4. The number of carbonyl (C=O) groups is 1. The maximum atomic E-state index is 11.6. The van der Waals surface area contributed by atoms with Crippen LogP contribution in [0.25, 0.3) is 0 Å². The van der Waals surface area contributed by atoms with E-state index in [9.17, 15) is 9.90 Å². The highest BCUT2D eigenvalue weighted by Crippen LogP contribution is 2.19. The fourth-order valence-electron chi connectivity index (χ4n) is 1.23. The molecule has 1 amide bonds. The number of hydrogen-bond acceptors (Lipinski definition) is 2. The van der Waals surface area contributed by atoms with Crippen LogP contribution in [-0.2, 0) is 0 Å². The van der Waals surface area contributed by atoms with Crippen LogP contribution in [0.15, 0.2) is 18.2 Å². The summed E-state index contributed by atoms with van der Waals surface area (Å²) in [6.07, 6.45) is 0.741. The standard InChI is InChI=1S/C11H14ClNO2/c1-8-9(4-2-5-10(8)14)11(15)13-7-3-6-12/h2,4-5,14H,3,6-7H2,1H3,(H,13,15). The fraction of sp³-hybridized carbons (Fsp3) is 0.364. The lowest BCUT2D eigenvalue weighted by molar-refractivity contribution is 0.0952. The van der Waals surface area contributed by atoms with Crippen LogP contribution in [0, 0.1) is 6.92 Å². The van der Waals surface area contributed by atoms with Gasteiger partial charge in [0.2, 0.25) is 0 Å². The summed E-state index contributed by atoms with van der Waals surface area (Å²) in [4.78, 5) is 11.6. The third kappa shape index (κ3) is 3.13. The predicted molar refractivity (Wildman–Crippen MR) is 60.5 cm³/mol. The number of amides is 1. The van der Waals surface area contributed by atoms with Crippen molar-refractivity contribution in [3.8, 4) is 5.75 Å². The van der Waals surface area contributed by atoms with E-state index in [0.29, 0.717) is 23.6 Å². The molecule has 2 N–H and O–H groups in total. The largest absolute Gasteiger partial charge is 0.508 e. The minimum Gasteiger partial charge on any atom is -0.508 e. The predicted octanol–water partition coefficient (Wildman–Crippen LogP) is 2.06. The molecule has 0 spiro atoms. The molecule has 0 radical (unpaired) electrons. The van der Waals surface area contributed by atoms with Crippen LogP contribution in [0.5, 0.6) is 5.75 Å². The fourth-order valence-corrected chi connectivity index (χ4v) is 1.37. The van der Waals surface area contributed by atoms with E-state index in [4.69, 9.17) is 11.6 Å². The topological polar surface area (TPSA) is 49.3 Å². The smallest absolute Gasteiger partial charge is 0.251 e. The number of carbonyl (C=O) groups excluding carboxylic acids is 1. The number of nitrogens with one attached hydrogen (secondary N) is 1. The summed E-state index contributed by atoms with van der Waals surface area (Å²) in [7, 11) is 0. The Morgan fingerprint density at radius 3 is 2.93 bits per heavy atom. The molecule has 0 fully saturated rings. The van der Waals surface area contributed by atoms with Crippen molar-refractivity contribution in [2.45, 2.75) is 13.3 Å². The van der Waals surface area contributed by atoms with Gasteiger partial charge < -0.3 is 10.4 Å². The molecule has 0 saturated carbocycles. The first-order chi connectivity index (χ1) is 7.16. The second kappa shape index (κ2) is 5.61. The first-order valence-electron chi connectivity index (χ1n) is 4.79. The van der Waals surface area contributed by atoms with Gasteiger partial charge in [0.25, 0.3) is 5.91 Å². The van der Waals surface area contributed by atoms with E-state index >= 15 is 0 Å². The van der Waals surface area contributed by atoms with Gasteiger partial charge in [0.15, 0.2) is 0 Å². The molecule has 0 unspecified atom stereocenters. The minimum absolute atomic E-state index is 0.139. The van der Waals surface area contributed by atoms with Gasteiger partial charge >= 0.3 is 0 Å². The molecule has 0 aromatic heterocycles. The molecule has 82 valence electrons. The van der Waals surface area contributed by atoms with Gasteiger partial charge in [-0.3, -0.25) is 4.79 Å². The van der Waals surface area contributed by atoms with E-state index in [-0.39, 0.29) is 11.7 Å². The number of hydrogen-bond donors (Lipinski definition) is 2. The summed E-state index contributed by atoms with van der Waals surface area (Å²) in [6, 6.07) is 4.90. The van der Waals surface area contributed by atoms with Crippen LogP contribution in [0.1, 0.15) is 22.3 Å². The Morgan fingerprint density at radius 1 is 1.53 bits per heavy atom. The molecule has 0 atom stereocenters. The maximum absolute atomic E-state index is 11.6. The van der Waals surface area contributed by atoms with Crippen LogP contribution in [0.2, 0.25) is 0 Å². The van der Waals surface area contributed by atoms with Gasteiger partial charge in [0.1, 0.15) is 5.75 Å². The number of phenolic OH excluding ortho intramolecular Hbond substituents is 1. The zero-order valence-corrected chi connectivity index (χ0v) is 9.34. The average Bonchev–Trinajstić information content (AvgIpc) is 2.22. The van der Waals surface area contributed by atoms with Gasteiger partial charge in [0.05, 0.1) is 0 Å². The van der Waals surface area contributed by atoms with Crippen molar-refractivity contribution in [1.29, 1.82) is 0 Å². The Bertz CT molecular complexity index is 352. The Labute approximate surface area is 94.1 Å². The van der Waals surface area contributed by atoms with Crippen LogP contribution in [0.4, 0.5) is 0 Å². The Morgan fingerprint density at radius 2 is 2.27 bits per heavy atom. The lowest BCUT2D eigenvalue weighted by Crippen LogP contribution is -2.25. The maximum Gasteiger partial charge on any atom is 0.251 e. The molecule has 3 nitrogen and oxygen atoms in total. The molecule has 0 aliphatic carbocycles. The molecule has 0 bridgehead atoms. The Kier molecular flexibility index (Phi) is 4.43. The van der Waals surface area contributed by atoms with Crippen LogP contribution in [0.3, 0.4) is 0 Å². The SMILES string of the molecule is Cc1c(O)cccc1C(=O)NCCCCl. The summed E-state index contributed by atoms with van der Waals surface area (Å²) in [5.41, 5.74) is 1.10. The van der Waals surface area contributed by atoms with Crippen molar-refractivity contribution in [3.63, 3.8) is 0 Å². The number of phenols is 1. The van der Waals surface area contributed by atoms with Crippen LogP contribution in [-0.4, -0.2) is 23.4 Å². The molecular formula is C11H14ClNO2. The van der Waals surface area contributed by atoms with Crippen molar-refractivity contribution in [3.05, 3.63) is 29.3 Å². The number of aromatic hydroxyl groups is 1. The van der Waals surface area contributed by atoms with E-state index in [1.165, 1.54) is 0 Å². The van der Waals surface area contributed by atoms with Crippen molar-refractivity contribution in [1.82, 2.24) is 5.32 Å². The van der Waals surface area contributed by atoms with Crippen molar-refractivity contribution < 1.29 is 9.90 Å². The first kappa shape index (κ1) is 11.9. The van der Waals surface area contributed by atoms with Crippen molar-refractivity contribution in [2.75, 3.05) is 12.4 Å². The van der Waals surface area contributed by atoms with Crippen LogP contribution >= 0.6 is 11.6 Å². The second-order valence-corrected chi connectivity index (χ2v) is 3.63. The lowest BCUT2D eigenvalue weighted by Gasteiger charge is -2.07. The van der Waals surface area contributed by atoms with Gasteiger partial charge in [-0.2, -0.15) is 0 Å².